The third-order valence-electron chi connectivity index (χ3n) is 4.20. The van der Waals surface area contributed by atoms with Gasteiger partial charge in [-0.3, -0.25) is 9.59 Å². The first-order valence-electron chi connectivity index (χ1n) is 7.58. The number of fused-ring (bicyclic) bond motifs is 1. The lowest BCUT2D eigenvalue weighted by molar-refractivity contribution is -0.141. The number of aldehydes is 1. The Hall–Kier alpha value is -2.38. The van der Waals surface area contributed by atoms with Gasteiger partial charge in [-0.2, -0.15) is 13.2 Å². The molecule has 0 fully saturated rings. The molecule has 9 heteroatoms. The Bertz CT molecular complexity index is 1100. The molecule has 3 rings (SSSR count). The van der Waals surface area contributed by atoms with Crippen LogP contribution in [-0.2, 0) is 13.2 Å². The van der Waals surface area contributed by atoms with E-state index in [-0.39, 0.29) is 32.5 Å². The number of alkyl halides is 3. The van der Waals surface area contributed by atoms with Crippen molar-refractivity contribution in [2.45, 2.75) is 13.1 Å². The highest BCUT2D eigenvalue weighted by Gasteiger charge is 2.34. The summed E-state index contributed by atoms with van der Waals surface area (Å²) in [6.07, 6.45) is -4.13. The fourth-order valence-electron chi connectivity index (χ4n) is 2.81. The number of benzene rings is 1. The highest BCUT2D eigenvalue weighted by molar-refractivity contribution is 6.42. The number of carbonyl (C=O) groups excluding carboxylic acids is 2. The van der Waals surface area contributed by atoms with E-state index in [2.05, 4.69) is 4.98 Å². The van der Waals surface area contributed by atoms with Crippen LogP contribution in [0.2, 0.25) is 10.0 Å². The van der Waals surface area contributed by atoms with E-state index in [1.165, 1.54) is 36.7 Å². The van der Waals surface area contributed by atoms with Crippen LogP contribution in [0, 0.1) is 6.92 Å². The van der Waals surface area contributed by atoms with E-state index in [1.807, 2.05) is 0 Å². The number of aromatic nitrogens is 2. The summed E-state index contributed by atoms with van der Waals surface area (Å²) >= 11 is 12.2. The van der Waals surface area contributed by atoms with Gasteiger partial charge >= 0.3 is 6.18 Å². The first-order valence-corrected chi connectivity index (χ1v) is 8.34. The maximum atomic E-state index is 13.0. The van der Waals surface area contributed by atoms with Gasteiger partial charge in [-0.15, -0.1) is 0 Å². The van der Waals surface area contributed by atoms with E-state index in [4.69, 9.17) is 23.2 Å². The molecule has 0 amide bonds. The fourth-order valence-corrected chi connectivity index (χ4v) is 3.39. The minimum absolute atomic E-state index is 0.00413. The molecule has 0 saturated heterocycles. The minimum Gasteiger partial charge on any atom is -0.326 e. The van der Waals surface area contributed by atoms with Crippen LogP contribution in [0.25, 0.3) is 11.0 Å². The number of nitrogens with zero attached hydrogens (tertiary/aromatic N) is 2. The molecule has 0 N–H and O–H groups in total. The number of hydrogen-bond donors (Lipinski definition) is 0. The van der Waals surface area contributed by atoms with Gasteiger partial charge < -0.3 is 4.57 Å². The van der Waals surface area contributed by atoms with Crippen LogP contribution < -0.4 is 0 Å². The van der Waals surface area contributed by atoms with Gasteiger partial charge in [0.25, 0.3) is 0 Å². The van der Waals surface area contributed by atoms with Crippen molar-refractivity contribution < 1.29 is 22.8 Å². The lowest BCUT2D eigenvalue weighted by atomic mass is 10.0. The molecule has 2 aromatic heterocycles. The topological polar surface area (TPSA) is 52.0 Å². The molecule has 1 aromatic carbocycles. The van der Waals surface area contributed by atoms with Gasteiger partial charge in [0.2, 0.25) is 5.78 Å². The van der Waals surface area contributed by atoms with Crippen molar-refractivity contribution in [3.8, 4) is 0 Å². The highest BCUT2D eigenvalue weighted by Crippen LogP contribution is 2.34. The molecular weight excluding hydrogens is 404 g/mol. The first kappa shape index (κ1) is 19.4. The van der Waals surface area contributed by atoms with Crippen LogP contribution in [-0.4, -0.2) is 21.6 Å². The molecule has 0 aliphatic heterocycles. The van der Waals surface area contributed by atoms with Crippen LogP contribution in [0.5, 0.6) is 0 Å². The quantitative estimate of drug-likeness (QED) is 0.434. The second-order valence-electron chi connectivity index (χ2n) is 5.92. The third-order valence-corrected chi connectivity index (χ3v) is 4.93. The number of carbonyl (C=O) groups is 2. The SMILES string of the molecule is Cc1cc(C(F)(F)F)nc2c1cc(C(=O)c1c(Cl)ccc(C=O)c1Cl)n2C. The second kappa shape index (κ2) is 6.65. The molecule has 27 heavy (non-hydrogen) atoms. The van der Waals surface area contributed by atoms with Gasteiger partial charge in [-0.1, -0.05) is 23.2 Å². The Kier molecular flexibility index (Phi) is 4.78. The van der Waals surface area contributed by atoms with E-state index in [9.17, 15) is 22.8 Å². The van der Waals surface area contributed by atoms with E-state index in [1.54, 1.807) is 0 Å². The molecule has 140 valence electrons. The van der Waals surface area contributed by atoms with Gasteiger partial charge in [-0.05, 0) is 36.8 Å². The zero-order chi connectivity index (χ0) is 20.1. The van der Waals surface area contributed by atoms with Gasteiger partial charge in [0, 0.05) is 18.0 Å². The molecule has 3 aromatic rings. The molecule has 0 bridgehead atoms. The number of halogens is 5. The van der Waals surface area contributed by atoms with E-state index >= 15 is 0 Å². The van der Waals surface area contributed by atoms with Crippen LogP contribution in [0.1, 0.15) is 37.7 Å². The average Bonchev–Trinajstić information content (AvgIpc) is 2.92. The standard InChI is InChI=1S/C18H11Cl2F3N2O2/c1-8-5-13(18(21,22)23)24-17-10(8)6-12(25(17)2)16(27)14-11(19)4-3-9(7-26)15(14)20/h3-7H,1-2H3. The van der Waals surface area contributed by atoms with Crippen molar-refractivity contribution in [1.29, 1.82) is 0 Å². The molecule has 4 nitrogen and oxygen atoms in total. The summed E-state index contributed by atoms with van der Waals surface area (Å²) in [5, 5.41) is 0.308. The number of aryl methyl sites for hydroxylation is 2. The summed E-state index contributed by atoms with van der Waals surface area (Å²) in [5.74, 6) is -0.623. The summed E-state index contributed by atoms with van der Waals surface area (Å²) in [7, 11) is 1.42. The van der Waals surface area contributed by atoms with Crippen molar-refractivity contribution in [3.05, 3.63) is 62.4 Å². The maximum Gasteiger partial charge on any atom is 0.433 e. The molecule has 0 aliphatic rings. The van der Waals surface area contributed by atoms with Crippen LogP contribution in [0.15, 0.2) is 24.3 Å². The minimum atomic E-state index is -4.61. The van der Waals surface area contributed by atoms with Gasteiger partial charge in [-0.25, -0.2) is 4.98 Å². The van der Waals surface area contributed by atoms with Crippen molar-refractivity contribution in [1.82, 2.24) is 9.55 Å². The number of hydrogen-bond acceptors (Lipinski definition) is 3. The predicted octanol–water partition coefficient (Wildman–Crippen LogP) is 5.25. The summed E-state index contributed by atoms with van der Waals surface area (Å²) in [5.41, 5.74) is -0.692. The van der Waals surface area contributed by atoms with Crippen LogP contribution >= 0.6 is 23.2 Å². The molecule has 0 saturated carbocycles. The normalized spacial score (nSPS) is 11.8. The predicted molar refractivity (Wildman–Crippen MR) is 95.7 cm³/mol. The Morgan fingerprint density at radius 3 is 2.48 bits per heavy atom. The zero-order valence-electron chi connectivity index (χ0n) is 14.0. The van der Waals surface area contributed by atoms with Crippen LogP contribution in [0.3, 0.4) is 0 Å². The van der Waals surface area contributed by atoms with E-state index in [0.29, 0.717) is 17.2 Å². The highest BCUT2D eigenvalue weighted by atomic mass is 35.5. The van der Waals surface area contributed by atoms with Crippen LogP contribution in [0.4, 0.5) is 13.2 Å². The molecule has 0 unspecified atom stereocenters. The number of pyridine rings is 1. The lowest BCUT2D eigenvalue weighted by Crippen LogP contribution is -2.11. The Morgan fingerprint density at radius 2 is 1.89 bits per heavy atom. The van der Waals surface area contributed by atoms with Crippen molar-refractivity contribution in [3.63, 3.8) is 0 Å². The molecule has 0 spiro atoms. The molecule has 2 heterocycles. The Labute approximate surface area is 161 Å². The zero-order valence-corrected chi connectivity index (χ0v) is 15.5. The Morgan fingerprint density at radius 1 is 1.22 bits per heavy atom. The van der Waals surface area contributed by atoms with E-state index < -0.39 is 17.7 Å². The smallest absolute Gasteiger partial charge is 0.326 e. The van der Waals surface area contributed by atoms with Crippen molar-refractivity contribution >= 4 is 46.3 Å². The average molecular weight is 415 g/mol. The van der Waals surface area contributed by atoms with Gasteiger partial charge in [0.1, 0.15) is 11.3 Å². The maximum absolute atomic E-state index is 13.0. The summed E-state index contributed by atoms with van der Waals surface area (Å²) in [6.45, 7) is 1.50. The molecule has 0 radical (unpaired) electrons. The lowest BCUT2D eigenvalue weighted by Gasteiger charge is -2.10. The molecule has 0 aliphatic carbocycles. The number of ketones is 1. The van der Waals surface area contributed by atoms with Crippen molar-refractivity contribution in [2.75, 3.05) is 0 Å². The molecule has 0 atom stereocenters. The van der Waals surface area contributed by atoms with E-state index in [0.717, 1.165) is 6.07 Å². The molecular formula is C18H11Cl2F3N2O2. The van der Waals surface area contributed by atoms with Gasteiger partial charge in [0.05, 0.1) is 21.3 Å². The first-order chi connectivity index (χ1) is 12.6. The fraction of sp³-hybridized carbons (Fsp3) is 0.167. The summed E-state index contributed by atoms with van der Waals surface area (Å²) in [6, 6.07) is 5.08. The summed E-state index contributed by atoms with van der Waals surface area (Å²) < 4.78 is 40.4. The monoisotopic (exact) mass is 414 g/mol. The van der Waals surface area contributed by atoms with Crippen molar-refractivity contribution in [2.24, 2.45) is 7.05 Å². The second-order valence-corrected chi connectivity index (χ2v) is 6.71. The third kappa shape index (κ3) is 3.21. The largest absolute Gasteiger partial charge is 0.433 e. The van der Waals surface area contributed by atoms with Gasteiger partial charge in [0.15, 0.2) is 6.29 Å². The number of rotatable bonds is 3. The summed E-state index contributed by atoms with van der Waals surface area (Å²) in [4.78, 5) is 27.7. The Balaban J connectivity index is 2.25.